The number of hydrogen-bond acceptors (Lipinski definition) is 4. The Balaban J connectivity index is 1.77. The monoisotopic (exact) mass is 341 g/mol. The topological polar surface area (TPSA) is 49.8 Å². The van der Waals surface area contributed by atoms with E-state index in [0.717, 1.165) is 29.5 Å². The molecule has 1 N–H and O–H groups in total. The van der Waals surface area contributed by atoms with Crippen molar-refractivity contribution in [2.24, 2.45) is 0 Å². The van der Waals surface area contributed by atoms with Crippen molar-refractivity contribution in [2.45, 2.75) is 18.9 Å². The summed E-state index contributed by atoms with van der Waals surface area (Å²) in [5.74, 6) is 0.173. The molecule has 1 fully saturated rings. The number of morpholine rings is 1. The van der Waals surface area contributed by atoms with Gasteiger partial charge in [-0.2, -0.15) is 0 Å². The van der Waals surface area contributed by atoms with Crippen LogP contribution in [0.5, 0.6) is 0 Å². The number of benzene rings is 1. The summed E-state index contributed by atoms with van der Waals surface area (Å²) >= 11 is 3.36. The molecule has 1 aliphatic rings. The third kappa shape index (κ3) is 4.38. The number of aliphatic hydroxyl groups is 1. The largest absolute Gasteiger partial charge is 0.395 e. The second-order valence-corrected chi connectivity index (χ2v) is 5.90. The molecule has 0 saturated carbocycles. The van der Waals surface area contributed by atoms with Crippen LogP contribution in [-0.4, -0.2) is 54.7 Å². The Morgan fingerprint density at radius 3 is 2.85 bits per heavy atom. The van der Waals surface area contributed by atoms with Crippen molar-refractivity contribution in [3.8, 4) is 0 Å². The fourth-order valence-electron chi connectivity index (χ4n) is 2.37. The number of carbonyl (C=O) groups excluding carboxylic acids is 1. The first-order valence-corrected chi connectivity index (χ1v) is 7.71. The summed E-state index contributed by atoms with van der Waals surface area (Å²) in [6.07, 6.45) is 1.35. The minimum atomic E-state index is 0.0755. The summed E-state index contributed by atoms with van der Waals surface area (Å²) in [5.41, 5.74) is 0.758. The minimum absolute atomic E-state index is 0.0755. The lowest BCUT2D eigenvalue weighted by Crippen LogP contribution is -2.47. The van der Waals surface area contributed by atoms with Crippen LogP contribution >= 0.6 is 15.9 Å². The first-order valence-electron chi connectivity index (χ1n) is 6.92. The van der Waals surface area contributed by atoms with E-state index in [1.807, 2.05) is 24.3 Å². The maximum Gasteiger partial charge on any atom is 0.162 e. The first kappa shape index (κ1) is 15.6. The quantitative estimate of drug-likeness (QED) is 0.805. The Morgan fingerprint density at radius 2 is 2.15 bits per heavy atom. The van der Waals surface area contributed by atoms with Gasteiger partial charge < -0.3 is 9.84 Å². The first-order chi connectivity index (χ1) is 9.70. The summed E-state index contributed by atoms with van der Waals surface area (Å²) in [6.45, 7) is 3.06. The number of Topliss-reactive ketones (excluding diaryl/α,β-unsaturated/α-hetero) is 1. The summed E-state index contributed by atoms with van der Waals surface area (Å²) < 4.78 is 6.32. The molecule has 0 aliphatic carbocycles. The number of nitrogens with zero attached hydrogens (tertiary/aromatic N) is 1. The number of aliphatic hydroxyl groups excluding tert-OH is 1. The van der Waals surface area contributed by atoms with Crippen LogP contribution in [-0.2, 0) is 4.74 Å². The highest BCUT2D eigenvalue weighted by molar-refractivity contribution is 9.10. The fraction of sp³-hybridized carbons (Fsp3) is 0.533. The number of ether oxygens (including phenoxy) is 1. The van der Waals surface area contributed by atoms with E-state index < -0.39 is 0 Å². The summed E-state index contributed by atoms with van der Waals surface area (Å²) in [4.78, 5) is 14.2. The van der Waals surface area contributed by atoms with Crippen molar-refractivity contribution < 1.29 is 14.6 Å². The average Bonchev–Trinajstić information content (AvgIpc) is 2.48. The van der Waals surface area contributed by atoms with Crippen molar-refractivity contribution in [3.63, 3.8) is 0 Å². The Kier molecular flexibility index (Phi) is 6.16. The van der Waals surface area contributed by atoms with Gasteiger partial charge >= 0.3 is 0 Å². The van der Waals surface area contributed by atoms with Crippen molar-refractivity contribution in [1.82, 2.24) is 4.90 Å². The molecule has 0 radical (unpaired) electrons. The Morgan fingerprint density at radius 1 is 1.40 bits per heavy atom. The van der Waals surface area contributed by atoms with E-state index in [2.05, 4.69) is 20.8 Å². The fourth-order valence-corrected chi connectivity index (χ4v) is 2.64. The van der Waals surface area contributed by atoms with Gasteiger partial charge in [0.25, 0.3) is 0 Å². The zero-order valence-electron chi connectivity index (χ0n) is 11.4. The van der Waals surface area contributed by atoms with E-state index in [0.29, 0.717) is 19.6 Å². The van der Waals surface area contributed by atoms with Gasteiger partial charge in [0.05, 0.1) is 25.9 Å². The van der Waals surface area contributed by atoms with Crippen LogP contribution in [0.2, 0.25) is 0 Å². The molecule has 1 heterocycles. The molecule has 1 atom stereocenters. The van der Waals surface area contributed by atoms with Crippen LogP contribution in [0.4, 0.5) is 0 Å². The highest BCUT2D eigenvalue weighted by Crippen LogP contribution is 2.13. The standard InChI is InChI=1S/C15H20BrNO3/c16-13-5-3-12(4-6-13)15(19)2-1-7-17-8-9-20-11-14(17)10-18/h3-6,14,18H,1-2,7-11H2. The highest BCUT2D eigenvalue weighted by atomic mass is 79.9. The maximum absolute atomic E-state index is 12.0. The van der Waals surface area contributed by atoms with E-state index in [4.69, 9.17) is 4.74 Å². The van der Waals surface area contributed by atoms with Gasteiger partial charge in [0.15, 0.2) is 5.78 Å². The van der Waals surface area contributed by atoms with Crippen LogP contribution in [0.15, 0.2) is 28.7 Å². The Bertz CT molecular complexity index is 435. The molecule has 0 aromatic heterocycles. The minimum Gasteiger partial charge on any atom is -0.395 e. The van der Waals surface area contributed by atoms with Gasteiger partial charge in [-0.15, -0.1) is 0 Å². The molecule has 5 heteroatoms. The van der Waals surface area contributed by atoms with Crippen LogP contribution in [0.25, 0.3) is 0 Å². The van der Waals surface area contributed by atoms with Crippen LogP contribution < -0.4 is 0 Å². The zero-order chi connectivity index (χ0) is 14.4. The number of ketones is 1. The second-order valence-electron chi connectivity index (χ2n) is 4.98. The van der Waals surface area contributed by atoms with E-state index in [1.54, 1.807) is 0 Å². The van der Waals surface area contributed by atoms with Gasteiger partial charge in [0.2, 0.25) is 0 Å². The molecular formula is C15H20BrNO3. The molecule has 4 nitrogen and oxygen atoms in total. The zero-order valence-corrected chi connectivity index (χ0v) is 13.0. The van der Waals surface area contributed by atoms with Gasteiger partial charge in [-0.3, -0.25) is 9.69 Å². The molecule has 1 unspecified atom stereocenters. The van der Waals surface area contributed by atoms with Crippen molar-refractivity contribution in [3.05, 3.63) is 34.3 Å². The lowest BCUT2D eigenvalue weighted by Gasteiger charge is -2.34. The third-order valence-electron chi connectivity index (χ3n) is 3.58. The number of halogens is 1. The lowest BCUT2D eigenvalue weighted by molar-refractivity contribution is -0.0276. The molecule has 1 aliphatic heterocycles. The lowest BCUT2D eigenvalue weighted by atomic mass is 10.1. The molecule has 1 saturated heterocycles. The van der Waals surface area contributed by atoms with Gasteiger partial charge in [0.1, 0.15) is 0 Å². The Labute approximate surface area is 127 Å². The maximum atomic E-state index is 12.0. The summed E-state index contributed by atoms with van der Waals surface area (Å²) in [5, 5.41) is 9.28. The van der Waals surface area contributed by atoms with Gasteiger partial charge in [-0.1, -0.05) is 28.1 Å². The van der Waals surface area contributed by atoms with E-state index in [-0.39, 0.29) is 18.4 Å². The van der Waals surface area contributed by atoms with Gasteiger partial charge in [-0.25, -0.2) is 0 Å². The van der Waals surface area contributed by atoms with E-state index in [9.17, 15) is 9.90 Å². The van der Waals surface area contributed by atoms with Crippen molar-refractivity contribution in [1.29, 1.82) is 0 Å². The van der Waals surface area contributed by atoms with Crippen molar-refractivity contribution >= 4 is 21.7 Å². The van der Waals surface area contributed by atoms with Gasteiger partial charge in [0, 0.05) is 23.0 Å². The van der Waals surface area contributed by atoms with Gasteiger partial charge in [-0.05, 0) is 25.1 Å². The molecule has 110 valence electrons. The van der Waals surface area contributed by atoms with E-state index >= 15 is 0 Å². The third-order valence-corrected chi connectivity index (χ3v) is 4.10. The van der Waals surface area contributed by atoms with Crippen LogP contribution in [0.3, 0.4) is 0 Å². The summed E-state index contributed by atoms with van der Waals surface area (Å²) in [6, 6.07) is 7.54. The molecule has 0 bridgehead atoms. The molecule has 2 rings (SSSR count). The molecular weight excluding hydrogens is 322 g/mol. The average molecular weight is 342 g/mol. The molecule has 1 aromatic rings. The van der Waals surface area contributed by atoms with Crippen molar-refractivity contribution in [2.75, 3.05) is 32.9 Å². The Hall–Kier alpha value is -0.750. The van der Waals surface area contributed by atoms with Crippen LogP contribution in [0, 0.1) is 0 Å². The molecule has 0 amide bonds. The molecule has 0 spiro atoms. The second kappa shape index (κ2) is 7.88. The smallest absolute Gasteiger partial charge is 0.162 e. The molecule has 1 aromatic carbocycles. The predicted molar refractivity (Wildman–Crippen MR) is 81.0 cm³/mol. The normalized spacial score (nSPS) is 20.0. The highest BCUT2D eigenvalue weighted by Gasteiger charge is 2.21. The van der Waals surface area contributed by atoms with E-state index in [1.165, 1.54) is 0 Å². The number of hydrogen-bond donors (Lipinski definition) is 1. The van der Waals surface area contributed by atoms with Crippen LogP contribution in [0.1, 0.15) is 23.2 Å². The SMILES string of the molecule is O=C(CCCN1CCOCC1CO)c1ccc(Br)cc1. The molecule has 20 heavy (non-hydrogen) atoms. The predicted octanol–water partition coefficient (Wildman–Crippen LogP) is 2.11. The summed E-state index contributed by atoms with van der Waals surface area (Å²) in [7, 11) is 0. The number of carbonyl (C=O) groups is 1. The number of rotatable bonds is 6.